The Hall–Kier alpha value is -3.33. The molecular formula is C20H20N3O5S+. The van der Waals surface area contributed by atoms with Crippen molar-refractivity contribution in [2.45, 2.75) is 24.1 Å². The first kappa shape index (κ1) is 20.4. The average molecular weight is 414 g/mol. The van der Waals surface area contributed by atoms with Gasteiger partial charge in [-0.05, 0) is 59.8 Å². The molecule has 1 heterocycles. The molecule has 8 nitrogen and oxygen atoms in total. The van der Waals surface area contributed by atoms with E-state index in [0.717, 1.165) is 11.8 Å². The van der Waals surface area contributed by atoms with Crippen LogP contribution >= 0.6 is 11.8 Å². The van der Waals surface area contributed by atoms with Gasteiger partial charge in [0.2, 0.25) is 11.6 Å². The number of hydrogen-bond donors (Lipinski definition) is 2. The summed E-state index contributed by atoms with van der Waals surface area (Å²) in [5, 5.41) is 5.00. The van der Waals surface area contributed by atoms with E-state index in [1.165, 1.54) is 4.68 Å². The molecule has 0 aliphatic carbocycles. The first-order valence-electron chi connectivity index (χ1n) is 8.93. The molecule has 0 saturated heterocycles. The highest BCUT2D eigenvalue weighted by molar-refractivity contribution is 8.00. The van der Waals surface area contributed by atoms with Gasteiger partial charge in [0.05, 0.1) is 17.4 Å². The SMILES string of the molecule is CCOC(=O)c1ccc(NC(=O)C(C)Sc2c(=O)o[nH][n+]2-c2ccccc2)cc1. The molecule has 1 amide bonds. The van der Waals surface area contributed by atoms with E-state index < -0.39 is 16.8 Å². The van der Waals surface area contributed by atoms with Crippen molar-refractivity contribution in [2.75, 3.05) is 11.9 Å². The summed E-state index contributed by atoms with van der Waals surface area (Å²) in [6.45, 7) is 3.72. The number of carbonyl (C=O) groups is 2. The smallest absolute Gasteiger partial charge is 0.442 e. The summed E-state index contributed by atoms with van der Waals surface area (Å²) in [7, 11) is 0. The lowest BCUT2D eigenvalue weighted by Gasteiger charge is -2.10. The standard InChI is InChI=1S/C20H19N3O5S/c1-3-27-19(25)14-9-11-15(12-10-14)21-17(24)13(2)29-18-20(26)28-22-23(18)16-7-5-4-6-8-16/h4-13H,3H2,1-2H3,(H-,21,22,24,25,26)/p+1. The number of H-pyrrole nitrogens is 1. The van der Waals surface area contributed by atoms with Gasteiger partial charge in [0.15, 0.2) is 0 Å². The van der Waals surface area contributed by atoms with Crippen molar-refractivity contribution in [3.05, 3.63) is 70.6 Å². The van der Waals surface area contributed by atoms with Crippen molar-refractivity contribution in [1.82, 2.24) is 5.27 Å². The average Bonchev–Trinajstić information content (AvgIpc) is 3.09. The predicted molar refractivity (Wildman–Crippen MR) is 107 cm³/mol. The fraction of sp³-hybridized carbons (Fsp3) is 0.200. The fourth-order valence-electron chi connectivity index (χ4n) is 2.48. The number of thioether (sulfide) groups is 1. The van der Waals surface area contributed by atoms with Crippen molar-refractivity contribution >= 4 is 29.3 Å². The van der Waals surface area contributed by atoms with Gasteiger partial charge in [0.1, 0.15) is 0 Å². The third-order valence-electron chi connectivity index (χ3n) is 3.94. The van der Waals surface area contributed by atoms with E-state index in [-0.39, 0.29) is 10.9 Å². The second-order valence-corrected chi connectivity index (χ2v) is 7.33. The number of rotatable bonds is 7. The zero-order valence-electron chi connectivity index (χ0n) is 15.9. The predicted octanol–water partition coefficient (Wildman–Crippen LogP) is 2.54. The van der Waals surface area contributed by atoms with E-state index in [2.05, 4.69) is 10.6 Å². The van der Waals surface area contributed by atoms with Crippen LogP contribution < -0.4 is 15.6 Å². The molecule has 0 bridgehead atoms. The maximum absolute atomic E-state index is 12.5. The molecule has 1 aromatic heterocycles. The zero-order valence-corrected chi connectivity index (χ0v) is 16.7. The summed E-state index contributed by atoms with van der Waals surface area (Å²) < 4.78 is 11.3. The van der Waals surface area contributed by atoms with Crippen LogP contribution in [0.15, 0.2) is 68.9 Å². The van der Waals surface area contributed by atoms with Crippen LogP contribution in [0.25, 0.3) is 5.69 Å². The Bertz CT molecular complexity index is 1040. The van der Waals surface area contributed by atoms with Crippen LogP contribution in [0.5, 0.6) is 0 Å². The number of ether oxygens (including phenoxy) is 1. The van der Waals surface area contributed by atoms with Crippen molar-refractivity contribution in [2.24, 2.45) is 0 Å². The molecule has 1 unspecified atom stereocenters. The van der Waals surface area contributed by atoms with Crippen LogP contribution in [0.3, 0.4) is 0 Å². The highest BCUT2D eigenvalue weighted by Gasteiger charge is 2.28. The molecule has 0 radical (unpaired) electrons. The largest absolute Gasteiger partial charge is 0.462 e. The van der Waals surface area contributed by atoms with Crippen molar-refractivity contribution in [1.29, 1.82) is 0 Å². The quantitative estimate of drug-likeness (QED) is 0.350. The van der Waals surface area contributed by atoms with E-state index in [1.54, 1.807) is 38.1 Å². The highest BCUT2D eigenvalue weighted by Crippen LogP contribution is 2.20. The molecule has 0 aliphatic heterocycles. The van der Waals surface area contributed by atoms with Crippen molar-refractivity contribution in [3.8, 4) is 5.69 Å². The Morgan fingerprint density at radius 2 is 1.86 bits per heavy atom. The van der Waals surface area contributed by atoms with Crippen LogP contribution in [-0.2, 0) is 9.53 Å². The summed E-state index contributed by atoms with van der Waals surface area (Å²) in [5.41, 5.74) is 1.09. The van der Waals surface area contributed by atoms with Crippen LogP contribution in [-0.4, -0.2) is 29.0 Å². The van der Waals surface area contributed by atoms with E-state index >= 15 is 0 Å². The molecule has 0 aliphatic rings. The van der Waals surface area contributed by atoms with E-state index in [1.807, 2.05) is 30.3 Å². The summed E-state index contributed by atoms with van der Waals surface area (Å²) in [4.78, 5) is 36.3. The molecule has 1 atom stereocenters. The van der Waals surface area contributed by atoms with E-state index in [9.17, 15) is 14.4 Å². The lowest BCUT2D eigenvalue weighted by Crippen LogP contribution is -2.37. The molecule has 29 heavy (non-hydrogen) atoms. The minimum absolute atomic E-state index is 0.261. The molecule has 0 fully saturated rings. The monoisotopic (exact) mass is 414 g/mol. The Balaban J connectivity index is 1.68. The van der Waals surface area contributed by atoms with Gasteiger partial charge in [-0.2, -0.15) is 0 Å². The molecule has 2 N–H and O–H groups in total. The Labute approximate surface area is 170 Å². The fourth-order valence-corrected chi connectivity index (χ4v) is 3.37. The lowest BCUT2D eigenvalue weighted by atomic mass is 10.2. The van der Waals surface area contributed by atoms with Crippen molar-refractivity contribution in [3.63, 3.8) is 0 Å². The summed E-state index contributed by atoms with van der Waals surface area (Å²) in [6, 6.07) is 15.5. The summed E-state index contributed by atoms with van der Waals surface area (Å²) in [5.74, 6) is -0.710. The molecular weight excluding hydrogens is 394 g/mol. The van der Waals surface area contributed by atoms with Gasteiger partial charge in [0.25, 0.3) is 0 Å². The van der Waals surface area contributed by atoms with Crippen molar-refractivity contribution < 1.29 is 23.5 Å². The summed E-state index contributed by atoms with van der Waals surface area (Å²) >= 11 is 1.08. The third-order valence-corrected chi connectivity index (χ3v) is 5.08. The number of nitrogens with one attached hydrogen (secondary N) is 2. The first-order valence-corrected chi connectivity index (χ1v) is 9.81. The topological polar surface area (TPSA) is 105 Å². The highest BCUT2D eigenvalue weighted by atomic mass is 32.2. The second kappa shape index (κ2) is 9.24. The normalized spacial score (nSPS) is 11.7. The molecule has 2 aromatic carbocycles. The van der Waals surface area contributed by atoms with Crippen LogP contribution in [0, 0.1) is 0 Å². The van der Waals surface area contributed by atoms with Gasteiger partial charge in [-0.25, -0.2) is 9.59 Å². The van der Waals surface area contributed by atoms with E-state index in [4.69, 9.17) is 9.26 Å². The van der Waals surface area contributed by atoms with Gasteiger partial charge < -0.3 is 10.1 Å². The Morgan fingerprint density at radius 1 is 1.17 bits per heavy atom. The first-order chi connectivity index (χ1) is 14.0. The molecule has 9 heteroatoms. The Kier molecular flexibility index (Phi) is 6.50. The maximum atomic E-state index is 12.5. The number of amides is 1. The molecule has 3 rings (SSSR count). The zero-order chi connectivity index (χ0) is 20.8. The number of aromatic amines is 1. The van der Waals surface area contributed by atoms with Crippen LogP contribution in [0.4, 0.5) is 5.69 Å². The maximum Gasteiger partial charge on any atom is 0.442 e. The van der Waals surface area contributed by atoms with Crippen LogP contribution in [0.2, 0.25) is 0 Å². The van der Waals surface area contributed by atoms with Gasteiger partial charge in [-0.1, -0.05) is 18.2 Å². The van der Waals surface area contributed by atoms with Gasteiger partial charge >= 0.3 is 16.6 Å². The number of nitrogens with zero attached hydrogens (tertiary/aromatic N) is 1. The number of para-hydroxylation sites is 1. The Morgan fingerprint density at radius 3 is 2.52 bits per heavy atom. The molecule has 150 valence electrons. The number of esters is 1. The minimum Gasteiger partial charge on any atom is -0.462 e. The number of carbonyl (C=O) groups excluding carboxylic acids is 2. The van der Waals surface area contributed by atoms with Crippen LogP contribution in [0.1, 0.15) is 24.2 Å². The number of hydrogen-bond acceptors (Lipinski definition) is 6. The molecule has 0 saturated carbocycles. The number of benzene rings is 2. The van der Waals surface area contributed by atoms with E-state index in [0.29, 0.717) is 23.5 Å². The number of aromatic nitrogens is 2. The van der Waals surface area contributed by atoms with Gasteiger partial charge in [0, 0.05) is 17.8 Å². The van der Waals surface area contributed by atoms with Gasteiger partial charge in [-0.15, -0.1) is 0 Å². The summed E-state index contributed by atoms with van der Waals surface area (Å²) in [6.07, 6.45) is 0. The minimum atomic E-state index is -0.576. The lowest BCUT2D eigenvalue weighted by molar-refractivity contribution is -0.704. The number of anilines is 1. The third kappa shape index (κ3) is 4.94. The molecule has 3 aromatic rings. The van der Waals surface area contributed by atoms with Gasteiger partial charge in [-0.3, -0.25) is 9.32 Å². The second-order valence-electron chi connectivity index (χ2n) is 6.00. The molecule has 0 spiro atoms.